The van der Waals surface area contributed by atoms with Gasteiger partial charge in [-0.25, -0.2) is 4.39 Å². The molecule has 0 unspecified atom stereocenters. The van der Waals surface area contributed by atoms with Crippen LogP contribution in [0.25, 0.3) is 0 Å². The first kappa shape index (κ1) is 21.7. The number of halogens is 1. The molecule has 1 atom stereocenters. The van der Waals surface area contributed by atoms with Crippen molar-refractivity contribution in [3.05, 3.63) is 22.8 Å². The molecule has 5 aliphatic rings. The van der Waals surface area contributed by atoms with Gasteiger partial charge in [0.1, 0.15) is 6.17 Å². The van der Waals surface area contributed by atoms with Crippen LogP contribution in [0.1, 0.15) is 73.6 Å². The number of hydrogen-bond donors (Lipinski definition) is 0. The van der Waals surface area contributed by atoms with E-state index < -0.39 is 11.6 Å². The summed E-state index contributed by atoms with van der Waals surface area (Å²) in [5, 5.41) is 0. The lowest BCUT2D eigenvalue weighted by Crippen LogP contribution is -2.54. The first-order valence-corrected chi connectivity index (χ1v) is 11.9. The second-order valence-corrected chi connectivity index (χ2v) is 11.6. The number of nitrogens with zero attached hydrogens (tertiary/aromatic N) is 2. The molecule has 3 heterocycles. The molecule has 2 saturated heterocycles. The van der Waals surface area contributed by atoms with Crippen molar-refractivity contribution in [2.24, 2.45) is 5.41 Å². The number of amides is 1. The van der Waals surface area contributed by atoms with Gasteiger partial charge in [0.2, 0.25) is 5.91 Å². The zero-order valence-corrected chi connectivity index (χ0v) is 19.8. The van der Waals surface area contributed by atoms with Gasteiger partial charge >= 0.3 is 7.12 Å². The first-order valence-electron chi connectivity index (χ1n) is 11.9. The van der Waals surface area contributed by atoms with Crippen molar-refractivity contribution in [1.82, 2.24) is 9.80 Å². The minimum absolute atomic E-state index is 0.205. The van der Waals surface area contributed by atoms with Crippen molar-refractivity contribution in [2.45, 2.75) is 103 Å². The Kier molecular flexibility index (Phi) is 4.83. The molecule has 1 amide bonds. The molecule has 5 rings (SSSR count). The molecule has 0 bridgehead atoms. The maximum absolute atomic E-state index is 13.6. The van der Waals surface area contributed by atoms with Gasteiger partial charge in [0.25, 0.3) is 0 Å². The fourth-order valence-electron chi connectivity index (χ4n) is 5.81. The monoisotopic (exact) mass is 430 g/mol. The SMILES string of the molecule is CC1(C)C(=O)N(C2CC(N3CC[C@H](F)C3)C2)C2=C1CCC(B1OC(C)(C)C(C)(C)O1)=C2. The summed E-state index contributed by atoms with van der Waals surface area (Å²) in [6.45, 7) is 13.8. The highest BCUT2D eigenvalue weighted by Crippen LogP contribution is 2.50. The van der Waals surface area contributed by atoms with Crippen molar-refractivity contribution in [1.29, 1.82) is 0 Å². The Hall–Kier alpha value is -1.18. The lowest BCUT2D eigenvalue weighted by Gasteiger charge is -2.46. The van der Waals surface area contributed by atoms with Gasteiger partial charge in [-0.1, -0.05) is 0 Å². The quantitative estimate of drug-likeness (QED) is 0.634. The van der Waals surface area contributed by atoms with Crippen molar-refractivity contribution < 1.29 is 18.5 Å². The number of carbonyl (C=O) groups is 1. The van der Waals surface area contributed by atoms with Gasteiger partial charge in [-0.3, -0.25) is 9.69 Å². The molecule has 5 nitrogen and oxygen atoms in total. The molecule has 0 aromatic heterocycles. The minimum Gasteiger partial charge on any atom is -0.400 e. The van der Waals surface area contributed by atoms with E-state index in [9.17, 15) is 9.18 Å². The van der Waals surface area contributed by atoms with Crippen molar-refractivity contribution in [3.8, 4) is 0 Å². The van der Waals surface area contributed by atoms with Crippen molar-refractivity contribution in [3.63, 3.8) is 0 Å². The highest BCUT2D eigenvalue weighted by atomic mass is 19.1. The largest absolute Gasteiger partial charge is 0.490 e. The third-order valence-corrected chi connectivity index (χ3v) is 8.75. The Labute approximate surface area is 186 Å². The van der Waals surface area contributed by atoms with Crippen LogP contribution >= 0.6 is 0 Å². The van der Waals surface area contributed by atoms with E-state index in [1.807, 2.05) is 0 Å². The molecule has 0 radical (unpaired) electrons. The fourth-order valence-corrected chi connectivity index (χ4v) is 5.81. The van der Waals surface area contributed by atoms with Crippen molar-refractivity contribution >= 4 is 13.0 Å². The summed E-state index contributed by atoms with van der Waals surface area (Å²) in [6, 6.07) is 0.610. The van der Waals surface area contributed by atoms with Gasteiger partial charge < -0.3 is 14.2 Å². The molecule has 1 saturated carbocycles. The van der Waals surface area contributed by atoms with Crippen LogP contribution in [0.15, 0.2) is 22.8 Å². The van der Waals surface area contributed by atoms with E-state index in [1.54, 1.807) is 0 Å². The molecule has 3 fully saturated rings. The summed E-state index contributed by atoms with van der Waals surface area (Å²) in [4.78, 5) is 17.8. The van der Waals surface area contributed by atoms with Crippen LogP contribution in [0.5, 0.6) is 0 Å². The van der Waals surface area contributed by atoms with Crippen LogP contribution in [0.2, 0.25) is 0 Å². The van der Waals surface area contributed by atoms with Crippen LogP contribution < -0.4 is 0 Å². The van der Waals surface area contributed by atoms with Crippen LogP contribution in [0.3, 0.4) is 0 Å². The van der Waals surface area contributed by atoms with E-state index in [4.69, 9.17) is 9.31 Å². The molecule has 3 aliphatic heterocycles. The Balaban J connectivity index is 1.37. The fraction of sp³-hybridized carbons (Fsp3) is 0.792. The molecule has 170 valence electrons. The summed E-state index contributed by atoms with van der Waals surface area (Å²) in [6.07, 6.45) is 5.73. The van der Waals surface area contributed by atoms with Gasteiger partial charge in [0.05, 0.1) is 16.6 Å². The van der Waals surface area contributed by atoms with E-state index in [1.165, 1.54) is 5.57 Å². The van der Waals surface area contributed by atoms with E-state index >= 15 is 0 Å². The van der Waals surface area contributed by atoms with Gasteiger partial charge in [-0.15, -0.1) is 0 Å². The summed E-state index contributed by atoms with van der Waals surface area (Å²) >= 11 is 0. The standard InChI is InChI=1S/C24H36BFN2O3/c1-22(2)19-8-7-15(25-30-23(3,4)24(5,6)31-25)11-20(19)28(21(22)29)18-12-17(13-18)27-10-9-16(26)14-27/h11,16-18H,7-10,12-14H2,1-6H3/t16-,17?,18?/m0/s1. The van der Waals surface area contributed by atoms with Gasteiger partial charge in [0.15, 0.2) is 0 Å². The third-order valence-electron chi connectivity index (χ3n) is 8.75. The third kappa shape index (κ3) is 3.26. The number of carbonyl (C=O) groups excluding carboxylic acids is 1. The second-order valence-electron chi connectivity index (χ2n) is 11.6. The summed E-state index contributed by atoms with van der Waals surface area (Å²) in [7, 11) is -0.361. The van der Waals surface area contributed by atoms with E-state index in [2.05, 4.69) is 57.4 Å². The van der Waals surface area contributed by atoms with E-state index in [0.29, 0.717) is 19.0 Å². The predicted octanol–water partition coefficient (Wildman–Crippen LogP) is 4.04. The maximum atomic E-state index is 13.6. The number of hydrogen-bond acceptors (Lipinski definition) is 4. The molecule has 31 heavy (non-hydrogen) atoms. The molecule has 0 spiro atoms. The molecule has 0 N–H and O–H groups in total. The zero-order valence-electron chi connectivity index (χ0n) is 19.8. The average Bonchev–Trinajstić information content (AvgIpc) is 3.21. The highest BCUT2D eigenvalue weighted by Gasteiger charge is 2.55. The molecular formula is C24H36BFN2O3. The average molecular weight is 430 g/mol. The Bertz CT molecular complexity index is 843. The minimum atomic E-state index is -0.690. The second kappa shape index (κ2) is 6.91. The first-order chi connectivity index (χ1) is 14.4. The van der Waals surface area contributed by atoms with E-state index in [-0.39, 0.29) is 30.3 Å². The van der Waals surface area contributed by atoms with Crippen LogP contribution in [0, 0.1) is 5.41 Å². The number of allylic oxidation sites excluding steroid dienone is 2. The van der Waals surface area contributed by atoms with E-state index in [0.717, 1.165) is 43.4 Å². The van der Waals surface area contributed by atoms with Crippen LogP contribution in [-0.2, 0) is 14.1 Å². The molecule has 0 aromatic rings. The van der Waals surface area contributed by atoms with Crippen LogP contribution in [0.4, 0.5) is 4.39 Å². The number of likely N-dealkylation sites (tertiary alicyclic amines) is 1. The lowest BCUT2D eigenvalue weighted by atomic mass is 9.70. The Morgan fingerprint density at radius 3 is 2.26 bits per heavy atom. The smallest absolute Gasteiger partial charge is 0.400 e. The topological polar surface area (TPSA) is 42.0 Å². The highest BCUT2D eigenvalue weighted by molar-refractivity contribution is 6.54. The van der Waals surface area contributed by atoms with Gasteiger partial charge in [0, 0.05) is 30.9 Å². The van der Waals surface area contributed by atoms with Crippen LogP contribution in [-0.4, -0.2) is 65.4 Å². The molecule has 7 heteroatoms. The van der Waals surface area contributed by atoms with Gasteiger partial charge in [-0.05, 0) is 90.8 Å². The van der Waals surface area contributed by atoms with Gasteiger partial charge in [-0.2, -0.15) is 0 Å². The lowest BCUT2D eigenvalue weighted by molar-refractivity contribution is -0.138. The molecule has 0 aromatic carbocycles. The summed E-state index contributed by atoms with van der Waals surface area (Å²) in [5.74, 6) is 0.206. The normalized spacial score (nSPS) is 36.7. The zero-order chi connectivity index (χ0) is 22.3. The number of alkyl halides is 1. The predicted molar refractivity (Wildman–Crippen MR) is 119 cm³/mol. The molecular weight excluding hydrogens is 394 g/mol. The summed E-state index contributed by atoms with van der Waals surface area (Å²) < 4.78 is 26.2. The Morgan fingerprint density at radius 2 is 1.68 bits per heavy atom. The maximum Gasteiger partial charge on any atom is 0.490 e. The number of rotatable bonds is 3. The van der Waals surface area contributed by atoms with Crippen molar-refractivity contribution in [2.75, 3.05) is 13.1 Å². The Morgan fingerprint density at radius 1 is 1.03 bits per heavy atom. The summed E-state index contributed by atoms with van der Waals surface area (Å²) in [5.41, 5.74) is 2.23. The molecule has 2 aliphatic carbocycles.